The highest BCUT2D eigenvalue weighted by Crippen LogP contribution is 2.35. The molecule has 150 valence electrons. The van der Waals surface area contributed by atoms with Gasteiger partial charge in [0.25, 0.3) is 0 Å². The quantitative estimate of drug-likeness (QED) is 0.338. The molecule has 0 amide bonds. The summed E-state index contributed by atoms with van der Waals surface area (Å²) in [5.74, 6) is 0.0870. The number of hydrogen-bond donors (Lipinski definition) is 0. The van der Waals surface area contributed by atoms with Gasteiger partial charge in [-0.3, -0.25) is 0 Å². The van der Waals surface area contributed by atoms with E-state index in [9.17, 15) is 9.59 Å². The van der Waals surface area contributed by atoms with Crippen molar-refractivity contribution in [1.82, 2.24) is 0 Å². The van der Waals surface area contributed by atoms with Crippen LogP contribution in [0.5, 0.6) is 11.5 Å². The average molecular weight is 507 g/mol. The molecule has 0 unspecified atom stereocenters. The third-order valence-corrected chi connectivity index (χ3v) is 4.91. The van der Waals surface area contributed by atoms with Gasteiger partial charge in [0.15, 0.2) is 23.8 Å². The highest BCUT2D eigenvalue weighted by atomic mass is 127. The van der Waals surface area contributed by atoms with E-state index in [2.05, 4.69) is 32.3 Å². The fraction of sp³-hybridized carbons (Fsp3) is 0.190. The molecule has 0 atom stereocenters. The second-order valence-electron chi connectivity index (χ2n) is 6.05. The number of hydrogen-bond acceptors (Lipinski definition) is 7. The third-order valence-electron chi connectivity index (χ3n) is 4.11. The number of carbonyl (C=O) groups is 2. The van der Waals surface area contributed by atoms with Gasteiger partial charge < -0.3 is 18.9 Å². The number of cyclic esters (lactones) is 1. The lowest BCUT2D eigenvalue weighted by atomic mass is 10.1. The van der Waals surface area contributed by atoms with E-state index in [1.165, 1.54) is 14.2 Å². The number of esters is 2. The second kappa shape index (κ2) is 9.08. The van der Waals surface area contributed by atoms with Gasteiger partial charge in [-0.15, -0.1) is 0 Å². The van der Waals surface area contributed by atoms with Gasteiger partial charge in [-0.05, 0) is 64.9 Å². The van der Waals surface area contributed by atoms with Crippen molar-refractivity contribution in [2.75, 3.05) is 20.8 Å². The second-order valence-corrected chi connectivity index (χ2v) is 7.21. The summed E-state index contributed by atoms with van der Waals surface area (Å²) < 4.78 is 21.5. The first-order chi connectivity index (χ1) is 13.9. The third kappa shape index (κ3) is 4.76. The van der Waals surface area contributed by atoms with Gasteiger partial charge in [0.2, 0.25) is 5.90 Å². The van der Waals surface area contributed by atoms with Crippen LogP contribution in [0.2, 0.25) is 0 Å². The van der Waals surface area contributed by atoms with Crippen molar-refractivity contribution in [2.45, 2.75) is 6.92 Å². The molecule has 0 saturated carbocycles. The summed E-state index contributed by atoms with van der Waals surface area (Å²) in [5, 5.41) is 0. The molecular weight excluding hydrogens is 489 g/mol. The van der Waals surface area contributed by atoms with Crippen molar-refractivity contribution in [1.29, 1.82) is 0 Å². The van der Waals surface area contributed by atoms with Crippen LogP contribution >= 0.6 is 22.6 Å². The summed E-state index contributed by atoms with van der Waals surface area (Å²) in [5.41, 5.74) is 2.59. The minimum absolute atomic E-state index is 0.185. The molecule has 0 N–H and O–H groups in total. The normalized spacial score (nSPS) is 14.4. The van der Waals surface area contributed by atoms with E-state index in [-0.39, 0.29) is 18.2 Å². The number of nitrogens with zero attached hydrogens (tertiary/aromatic N) is 1. The van der Waals surface area contributed by atoms with E-state index in [4.69, 9.17) is 14.2 Å². The maximum atomic E-state index is 12.3. The average Bonchev–Trinajstić information content (AvgIpc) is 3.06. The highest BCUT2D eigenvalue weighted by molar-refractivity contribution is 14.1. The van der Waals surface area contributed by atoms with Crippen molar-refractivity contribution in [3.8, 4) is 11.5 Å². The van der Waals surface area contributed by atoms with Crippen LogP contribution in [0.3, 0.4) is 0 Å². The monoisotopic (exact) mass is 507 g/mol. The molecule has 7 nitrogen and oxygen atoms in total. The van der Waals surface area contributed by atoms with Crippen LogP contribution in [-0.2, 0) is 19.1 Å². The van der Waals surface area contributed by atoms with Crippen LogP contribution in [0.1, 0.15) is 16.7 Å². The summed E-state index contributed by atoms with van der Waals surface area (Å²) in [6.45, 7) is 1.69. The predicted octanol–water partition coefficient (Wildman–Crippen LogP) is 3.50. The van der Waals surface area contributed by atoms with Gasteiger partial charge >= 0.3 is 11.9 Å². The van der Waals surface area contributed by atoms with Crippen LogP contribution < -0.4 is 9.47 Å². The smallest absolute Gasteiger partial charge is 0.363 e. The molecule has 0 aromatic heterocycles. The first-order valence-corrected chi connectivity index (χ1v) is 9.66. The minimum atomic E-state index is -0.525. The van der Waals surface area contributed by atoms with Gasteiger partial charge in [-0.1, -0.05) is 18.2 Å². The molecule has 1 heterocycles. The molecule has 1 aliphatic heterocycles. The standard InChI is InChI=1S/C21H18INO6/c1-12-6-4-5-7-14(12)20-23-16(21(25)29-20)9-13-8-15(22)19(17(10-13)26-2)28-11-18(24)27-3/h4-10H,11H2,1-3H3/b16-9-. The molecule has 3 rings (SSSR count). The Bertz CT molecular complexity index is 1030. The molecule has 0 aliphatic carbocycles. The Hall–Kier alpha value is -2.88. The fourth-order valence-electron chi connectivity index (χ4n) is 2.65. The summed E-state index contributed by atoms with van der Waals surface area (Å²) in [6.07, 6.45) is 1.61. The molecule has 1 aliphatic rings. The Labute approximate surface area is 181 Å². The Kier molecular flexibility index (Phi) is 6.53. The zero-order chi connectivity index (χ0) is 21.0. The lowest BCUT2D eigenvalue weighted by Gasteiger charge is -2.12. The number of methoxy groups -OCH3 is 2. The summed E-state index contributed by atoms with van der Waals surface area (Å²) in [6, 6.07) is 11.0. The molecule has 0 saturated heterocycles. The summed E-state index contributed by atoms with van der Waals surface area (Å²) in [7, 11) is 2.78. The Morgan fingerprint density at radius 2 is 2.00 bits per heavy atom. The van der Waals surface area contributed by atoms with Crippen molar-refractivity contribution in [3.05, 3.63) is 62.4 Å². The van der Waals surface area contributed by atoms with Gasteiger partial charge in [-0.2, -0.15) is 0 Å². The lowest BCUT2D eigenvalue weighted by molar-refractivity contribution is -0.143. The maximum Gasteiger partial charge on any atom is 0.363 e. The Morgan fingerprint density at radius 3 is 2.69 bits per heavy atom. The van der Waals surface area contributed by atoms with Gasteiger partial charge in [0.1, 0.15) is 0 Å². The van der Waals surface area contributed by atoms with Crippen LogP contribution in [0.15, 0.2) is 47.1 Å². The summed E-state index contributed by atoms with van der Waals surface area (Å²) in [4.78, 5) is 28.0. The number of benzene rings is 2. The number of aryl methyl sites for hydroxylation is 1. The number of ether oxygens (including phenoxy) is 4. The first kappa shape index (κ1) is 20.8. The molecular formula is C21H18INO6. The van der Waals surface area contributed by atoms with Crippen LogP contribution in [0.25, 0.3) is 6.08 Å². The molecule has 0 bridgehead atoms. The molecule has 0 radical (unpaired) electrons. The first-order valence-electron chi connectivity index (χ1n) is 8.58. The number of halogens is 1. The van der Waals surface area contributed by atoms with Crippen molar-refractivity contribution >= 4 is 46.5 Å². The summed E-state index contributed by atoms with van der Waals surface area (Å²) >= 11 is 2.06. The predicted molar refractivity (Wildman–Crippen MR) is 115 cm³/mol. The number of rotatable bonds is 6. The van der Waals surface area contributed by atoms with Crippen LogP contribution in [0.4, 0.5) is 0 Å². The molecule has 2 aromatic carbocycles. The highest BCUT2D eigenvalue weighted by Gasteiger charge is 2.25. The van der Waals surface area contributed by atoms with Crippen molar-refractivity contribution in [2.24, 2.45) is 4.99 Å². The fourth-order valence-corrected chi connectivity index (χ4v) is 3.43. The Morgan fingerprint density at radius 1 is 1.24 bits per heavy atom. The minimum Gasteiger partial charge on any atom is -0.493 e. The zero-order valence-electron chi connectivity index (χ0n) is 16.0. The van der Waals surface area contributed by atoms with E-state index in [1.54, 1.807) is 18.2 Å². The van der Waals surface area contributed by atoms with E-state index in [0.29, 0.717) is 20.6 Å². The van der Waals surface area contributed by atoms with E-state index in [1.807, 2.05) is 31.2 Å². The van der Waals surface area contributed by atoms with Crippen LogP contribution in [-0.4, -0.2) is 38.7 Å². The molecule has 2 aromatic rings. The van der Waals surface area contributed by atoms with E-state index < -0.39 is 11.9 Å². The van der Waals surface area contributed by atoms with E-state index in [0.717, 1.165) is 11.1 Å². The van der Waals surface area contributed by atoms with Crippen molar-refractivity contribution < 1.29 is 28.5 Å². The van der Waals surface area contributed by atoms with Gasteiger partial charge in [0, 0.05) is 5.56 Å². The molecule has 8 heteroatoms. The topological polar surface area (TPSA) is 83.4 Å². The zero-order valence-corrected chi connectivity index (χ0v) is 18.2. The maximum absolute atomic E-state index is 12.3. The number of aliphatic imine (C=N–C) groups is 1. The van der Waals surface area contributed by atoms with Crippen LogP contribution in [0, 0.1) is 10.5 Å². The molecule has 0 fully saturated rings. The largest absolute Gasteiger partial charge is 0.493 e. The van der Waals surface area contributed by atoms with Gasteiger partial charge in [0.05, 0.1) is 17.8 Å². The lowest BCUT2D eigenvalue weighted by Crippen LogP contribution is -2.13. The Balaban J connectivity index is 1.91. The SMILES string of the molecule is COC(=O)COc1c(I)cc(/C=C2\N=C(c3ccccc3C)OC2=O)cc1OC. The van der Waals surface area contributed by atoms with Crippen molar-refractivity contribution in [3.63, 3.8) is 0 Å². The van der Waals surface area contributed by atoms with Gasteiger partial charge in [-0.25, -0.2) is 14.6 Å². The number of carbonyl (C=O) groups excluding carboxylic acids is 2. The molecule has 29 heavy (non-hydrogen) atoms. The molecule has 0 spiro atoms. The van der Waals surface area contributed by atoms with E-state index >= 15 is 0 Å².